The number of amides is 1. The number of carbonyl (C=O) groups is 2. The Bertz CT molecular complexity index is 1220. The van der Waals surface area contributed by atoms with Gasteiger partial charge in [-0.2, -0.15) is 0 Å². The van der Waals surface area contributed by atoms with Gasteiger partial charge in [-0.15, -0.1) is 0 Å². The summed E-state index contributed by atoms with van der Waals surface area (Å²) in [6.07, 6.45) is 7.13. The molecule has 5 rings (SSSR count). The molecular weight excluding hydrogens is 424 g/mol. The summed E-state index contributed by atoms with van der Waals surface area (Å²) in [4.78, 5) is 37.4. The molecule has 3 aromatic rings. The van der Waals surface area contributed by atoms with Crippen molar-refractivity contribution in [2.75, 3.05) is 5.32 Å². The zero-order valence-corrected chi connectivity index (χ0v) is 17.7. The maximum Gasteiger partial charge on any atom is 0.341 e. The minimum Gasteiger partial charge on any atom is -0.450 e. The Balaban J connectivity index is 1.27. The molecule has 0 bridgehead atoms. The van der Waals surface area contributed by atoms with E-state index in [-0.39, 0.29) is 25.4 Å². The molecule has 1 aliphatic carbocycles. The number of esters is 1. The third-order valence-corrected chi connectivity index (χ3v) is 6.45. The Morgan fingerprint density at radius 1 is 1.06 bits per heavy atom. The summed E-state index contributed by atoms with van der Waals surface area (Å²) in [6.45, 7) is -0.0651. The van der Waals surface area contributed by atoms with E-state index in [4.69, 9.17) is 4.74 Å². The van der Waals surface area contributed by atoms with Gasteiger partial charge in [0.15, 0.2) is 0 Å². The number of pyridine rings is 1. The Kier molecular flexibility index (Phi) is 5.15. The van der Waals surface area contributed by atoms with Crippen LogP contribution in [0, 0.1) is 0 Å². The zero-order valence-electron chi connectivity index (χ0n) is 17.7. The molecule has 0 radical (unpaired) electrons. The van der Waals surface area contributed by atoms with Crippen LogP contribution in [0.2, 0.25) is 0 Å². The van der Waals surface area contributed by atoms with Crippen molar-refractivity contribution in [2.24, 2.45) is 0 Å². The van der Waals surface area contributed by atoms with Crippen LogP contribution < -0.4 is 5.32 Å². The molecule has 1 amide bonds. The Labute approximate surface area is 189 Å². The van der Waals surface area contributed by atoms with Crippen LogP contribution in [-0.2, 0) is 21.7 Å². The molecule has 168 valence electrons. The number of benzene rings is 1. The van der Waals surface area contributed by atoms with Gasteiger partial charge in [-0.25, -0.2) is 14.8 Å². The lowest BCUT2D eigenvalue weighted by Gasteiger charge is -2.40. The van der Waals surface area contributed by atoms with Crippen molar-refractivity contribution in [1.82, 2.24) is 15.0 Å². The van der Waals surface area contributed by atoms with E-state index >= 15 is 0 Å². The topological polar surface area (TPSA) is 135 Å². The average molecular weight is 446 g/mol. The van der Waals surface area contributed by atoms with Gasteiger partial charge in [-0.3, -0.25) is 15.1 Å². The van der Waals surface area contributed by atoms with E-state index in [2.05, 4.69) is 20.3 Å². The van der Waals surface area contributed by atoms with Crippen molar-refractivity contribution >= 4 is 17.8 Å². The monoisotopic (exact) mass is 446 g/mol. The van der Waals surface area contributed by atoms with E-state index in [1.54, 1.807) is 24.7 Å². The number of aliphatic hydroxyl groups excluding tert-OH is 1. The normalized spacial score (nSPS) is 23.8. The molecule has 2 aliphatic rings. The van der Waals surface area contributed by atoms with Gasteiger partial charge >= 0.3 is 5.97 Å². The summed E-state index contributed by atoms with van der Waals surface area (Å²) in [5.41, 5.74) is 1.09. The van der Waals surface area contributed by atoms with E-state index in [1.807, 2.05) is 24.3 Å². The first kappa shape index (κ1) is 21.2. The number of ether oxygens (including phenoxy) is 1. The first-order chi connectivity index (χ1) is 15.9. The number of hydrogen-bond acceptors (Lipinski definition) is 8. The summed E-state index contributed by atoms with van der Waals surface area (Å²) in [6, 6.07) is 9.12. The average Bonchev–Trinajstić information content (AvgIpc) is 3.13. The smallest absolute Gasteiger partial charge is 0.341 e. The number of aliphatic hydroxyl groups is 2. The third kappa shape index (κ3) is 3.75. The van der Waals surface area contributed by atoms with Crippen LogP contribution in [-0.4, -0.2) is 42.6 Å². The fraction of sp³-hybridized carbons (Fsp3) is 0.292. The highest BCUT2D eigenvalue weighted by molar-refractivity contribution is 5.96. The van der Waals surface area contributed by atoms with Crippen LogP contribution in [0.4, 0.5) is 5.95 Å². The molecule has 1 saturated carbocycles. The maximum absolute atomic E-state index is 12.9. The fourth-order valence-electron chi connectivity index (χ4n) is 4.52. The van der Waals surface area contributed by atoms with Crippen LogP contribution in [0.5, 0.6) is 0 Å². The molecule has 1 spiro atoms. The van der Waals surface area contributed by atoms with Crippen molar-refractivity contribution in [1.29, 1.82) is 0 Å². The molecule has 33 heavy (non-hydrogen) atoms. The summed E-state index contributed by atoms with van der Waals surface area (Å²) >= 11 is 0. The largest absolute Gasteiger partial charge is 0.450 e. The van der Waals surface area contributed by atoms with Crippen LogP contribution in [0.25, 0.3) is 11.1 Å². The summed E-state index contributed by atoms with van der Waals surface area (Å²) in [5, 5.41) is 22.9. The fourth-order valence-corrected chi connectivity index (χ4v) is 4.52. The molecule has 1 aliphatic heterocycles. The molecule has 3 N–H and O–H groups in total. The van der Waals surface area contributed by atoms with Gasteiger partial charge in [0.05, 0.1) is 12.2 Å². The molecule has 0 saturated heterocycles. The molecule has 9 nitrogen and oxygen atoms in total. The molecule has 1 fully saturated rings. The number of anilines is 1. The molecule has 0 atom stereocenters. The minimum atomic E-state index is -1.62. The van der Waals surface area contributed by atoms with Crippen LogP contribution >= 0.6 is 0 Å². The van der Waals surface area contributed by atoms with E-state index < -0.39 is 23.1 Å². The highest BCUT2D eigenvalue weighted by Gasteiger charge is 2.53. The second-order valence-corrected chi connectivity index (χ2v) is 8.44. The second kappa shape index (κ2) is 8.02. The predicted octanol–water partition coefficient (Wildman–Crippen LogP) is 2.34. The van der Waals surface area contributed by atoms with E-state index in [1.165, 1.54) is 6.20 Å². The van der Waals surface area contributed by atoms with Gasteiger partial charge in [0.1, 0.15) is 11.2 Å². The highest BCUT2D eigenvalue weighted by atomic mass is 16.6. The lowest BCUT2D eigenvalue weighted by atomic mass is 9.72. The van der Waals surface area contributed by atoms with Crippen molar-refractivity contribution < 1.29 is 24.5 Å². The molecule has 1 aromatic carbocycles. The SMILES string of the molecule is O=C1OC2(CCC(O)(C(=O)Nc3ncc(-c4cccc(CO)c4)cn3)CC2)c2ccncc21. The van der Waals surface area contributed by atoms with Crippen LogP contribution in [0.1, 0.15) is 47.2 Å². The molecule has 9 heteroatoms. The third-order valence-electron chi connectivity index (χ3n) is 6.45. The van der Waals surface area contributed by atoms with E-state index in [0.29, 0.717) is 18.4 Å². The zero-order chi connectivity index (χ0) is 23.1. The van der Waals surface area contributed by atoms with Crippen molar-refractivity contribution in [3.63, 3.8) is 0 Å². The summed E-state index contributed by atoms with van der Waals surface area (Å²) in [5.74, 6) is -0.933. The molecule has 3 heterocycles. The standard InChI is InChI=1S/C24H22N4O5/c29-14-15-2-1-3-16(10-15)17-11-26-22(27-12-17)28-21(31)23(32)5-7-24(8-6-23)19-4-9-25-13-18(19)20(30)33-24/h1-4,9-13,29,32H,5-8,14H2,(H,26,27,28,31). The van der Waals surface area contributed by atoms with Gasteiger partial charge in [0, 0.05) is 35.9 Å². The first-order valence-corrected chi connectivity index (χ1v) is 10.7. The number of aromatic nitrogens is 3. The predicted molar refractivity (Wildman–Crippen MR) is 117 cm³/mol. The summed E-state index contributed by atoms with van der Waals surface area (Å²) < 4.78 is 5.66. The van der Waals surface area contributed by atoms with E-state index in [0.717, 1.165) is 22.3 Å². The van der Waals surface area contributed by atoms with Gasteiger partial charge in [0.2, 0.25) is 5.95 Å². The Morgan fingerprint density at radius 3 is 2.55 bits per heavy atom. The van der Waals surface area contributed by atoms with Crippen molar-refractivity contribution in [2.45, 2.75) is 43.5 Å². The van der Waals surface area contributed by atoms with Gasteiger partial charge < -0.3 is 14.9 Å². The van der Waals surface area contributed by atoms with Gasteiger partial charge in [-0.1, -0.05) is 18.2 Å². The summed E-state index contributed by atoms with van der Waals surface area (Å²) in [7, 11) is 0. The molecule has 2 aromatic heterocycles. The highest BCUT2D eigenvalue weighted by Crippen LogP contribution is 2.49. The van der Waals surface area contributed by atoms with Gasteiger partial charge in [-0.05, 0) is 48.9 Å². The number of rotatable bonds is 4. The Hall–Kier alpha value is -3.69. The lowest BCUT2D eigenvalue weighted by molar-refractivity contribution is -0.144. The first-order valence-electron chi connectivity index (χ1n) is 10.7. The molecular formula is C24H22N4O5. The quantitative estimate of drug-likeness (QED) is 0.520. The number of carbonyl (C=O) groups excluding carboxylic acids is 2. The number of hydrogen-bond donors (Lipinski definition) is 3. The van der Waals surface area contributed by atoms with Crippen LogP contribution in [0.15, 0.2) is 55.1 Å². The number of nitrogens with zero attached hydrogens (tertiary/aromatic N) is 3. The van der Waals surface area contributed by atoms with Crippen molar-refractivity contribution in [3.8, 4) is 11.1 Å². The van der Waals surface area contributed by atoms with E-state index in [9.17, 15) is 19.8 Å². The second-order valence-electron chi connectivity index (χ2n) is 8.44. The lowest BCUT2D eigenvalue weighted by Crippen LogP contribution is -2.49. The molecule has 0 unspecified atom stereocenters. The number of fused-ring (bicyclic) bond motifs is 2. The minimum absolute atomic E-state index is 0.0651. The van der Waals surface area contributed by atoms with Crippen LogP contribution in [0.3, 0.4) is 0 Å². The number of nitrogens with one attached hydrogen (secondary N) is 1. The maximum atomic E-state index is 12.9. The Morgan fingerprint density at radius 2 is 1.82 bits per heavy atom. The van der Waals surface area contributed by atoms with Gasteiger partial charge in [0.25, 0.3) is 5.91 Å². The van der Waals surface area contributed by atoms with Crippen molar-refractivity contribution in [3.05, 3.63) is 71.8 Å².